The molecule has 5 heteroatoms. The number of rotatable bonds is 4. The van der Waals surface area contributed by atoms with E-state index in [-0.39, 0.29) is 23.5 Å². The molecule has 21 heavy (non-hydrogen) atoms. The summed E-state index contributed by atoms with van der Waals surface area (Å²) in [6, 6.07) is 10.6. The number of hydrogen-bond acceptors (Lipinski definition) is 3. The molecule has 0 saturated heterocycles. The Morgan fingerprint density at radius 1 is 1.33 bits per heavy atom. The van der Waals surface area contributed by atoms with Crippen LogP contribution in [0.25, 0.3) is 0 Å². The van der Waals surface area contributed by atoms with Crippen LogP contribution >= 0.6 is 11.6 Å². The molecule has 1 aromatic carbocycles. The fourth-order valence-electron chi connectivity index (χ4n) is 1.69. The van der Waals surface area contributed by atoms with Gasteiger partial charge in [0.25, 0.3) is 5.91 Å². The van der Waals surface area contributed by atoms with Gasteiger partial charge in [-0.2, -0.15) is 0 Å². The molecule has 2 aromatic rings. The molecule has 0 spiro atoms. The van der Waals surface area contributed by atoms with Crippen molar-refractivity contribution in [2.24, 2.45) is 0 Å². The molecule has 0 bridgehead atoms. The van der Waals surface area contributed by atoms with Gasteiger partial charge in [-0.3, -0.25) is 4.79 Å². The van der Waals surface area contributed by atoms with E-state index in [0.717, 1.165) is 11.1 Å². The number of benzene rings is 1. The van der Waals surface area contributed by atoms with Gasteiger partial charge in [0.2, 0.25) is 0 Å². The third-order valence-corrected chi connectivity index (χ3v) is 2.85. The first-order chi connectivity index (χ1) is 10.2. The van der Waals surface area contributed by atoms with Crippen LogP contribution in [0.3, 0.4) is 0 Å². The summed E-state index contributed by atoms with van der Waals surface area (Å²) in [6.07, 6.45) is 0.445. The van der Waals surface area contributed by atoms with Crippen molar-refractivity contribution in [3.05, 3.63) is 58.5 Å². The highest BCUT2D eigenvalue weighted by Crippen LogP contribution is 2.13. The summed E-state index contributed by atoms with van der Waals surface area (Å²) in [5.74, 6) is 5.66. The topological polar surface area (TPSA) is 62.5 Å². The predicted octanol–water partition coefficient (Wildman–Crippen LogP) is 2.60. The van der Waals surface area contributed by atoms with Gasteiger partial charge in [0.05, 0.1) is 6.61 Å². The van der Waals surface area contributed by atoms with E-state index in [1.807, 2.05) is 24.3 Å². The van der Waals surface area contributed by atoms with Gasteiger partial charge < -0.3 is 14.8 Å². The molecular weight excluding hydrogens is 290 g/mol. The van der Waals surface area contributed by atoms with Crippen LogP contribution in [0.15, 0.2) is 40.8 Å². The summed E-state index contributed by atoms with van der Waals surface area (Å²) in [5.41, 5.74) is 1.77. The minimum absolute atomic E-state index is 0.0501. The Morgan fingerprint density at radius 2 is 2.19 bits per heavy atom. The van der Waals surface area contributed by atoms with E-state index in [2.05, 4.69) is 17.2 Å². The van der Waals surface area contributed by atoms with Crippen molar-refractivity contribution in [1.82, 2.24) is 5.32 Å². The molecule has 1 aromatic heterocycles. The first-order valence-corrected chi connectivity index (χ1v) is 6.79. The number of nitrogens with one attached hydrogen (secondary N) is 1. The van der Waals surface area contributed by atoms with E-state index in [0.29, 0.717) is 13.0 Å². The SMILES string of the molecule is O=C(NCc1cccc(C#CCCO)c1)c1ccc(Cl)o1. The number of aliphatic hydroxyl groups excluding tert-OH is 1. The number of amides is 1. The summed E-state index contributed by atoms with van der Waals surface area (Å²) in [6.45, 7) is 0.418. The predicted molar refractivity (Wildman–Crippen MR) is 79.9 cm³/mol. The maximum Gasteiger partial charge on any atom is 0.287 e. The summed E-state index contributed by atoms with van der Waals surface area (Å²) in [5, 5.41) is 11.6. The Hall–Kier alpha value is -2.22. The second-order valence-electron chi connectivity index (χ2n) is 4.26. The average Bonchev–Trinajstić information content (AvgIpc) is 2.92. The van der Waals surface area contributed by atoms with Gasteiger partial charge in [-0.05, 0) is 41.4 Å². The summed E-state index contributed by atoms with van der Waals surface area (Å²) in [4.78, 5) is 11.8. The van der Waals surface area contributed by atoms with Crippen molar-refractivity contribution in [2.45, 2.75) is 13.0 Å². The first kappa shape index (κ1) is 15.2. The average molecular weight is 304 g/mol. The number of furan rings is 1. The van der Waals surface area contributed by atoms with Crippen molar-refractivity contribution in [3.8, 4) is 11.8 Å². The van der Waals surface area contributed by atoms with E-state index in [4.69, 9.17) is 21.1 Å². The monoisotopic (exact) mass is 303 g/mol. The largest absolute Gasteiger partial charge is 0.440 e. The van der Waals surface area contributed by atoms with Crippen molar-refractivity contribution in [3.63, 3.8) is 0 Å². The highest BCUT2D eigenvalue weighted by molar-refractivity contribution is 6.29. The van der Waals surface area contributed by atoms with E-state index in [1.54, 1.807) is 0 Å². The molecule has 0 aliphatic heterocycles. The normalized spacial score (nSPS) is 9.81. The van der Waals surface area contributed by atoms with Gasteiger partial charge in [0, 0.05) is 18.5 Å². The Labute approximate surface area is 127 Å². The maximum atomic E-state index is 11.8. The third kappa shape index (κ3) is 4.67. The highest BCUT2D eigenvalue weighted by atomic mass is 35.5. The molecule has 1 amide bonds. The van der Waals surface area contributed by atoms with Gasteiger partial charge >= 0.3 is 0 Å². The number of aliphatic hydroxyl groups is 1. The van der Waals surface area contributed by atoms with Gasteiger partial charge in [0.15, 0.2) is 11.0 Å². The minimum Gasteiger partial charge on any atom is -0.440 e. The van der Waals surface area contributed by atoms with E-state index in [1.165, 1.54) is 12.1 Å². The van der Waals surface area contributed by atoms with Crippen molar-refractivity contribution in [1.29, 1.82) is 0 Å². The van der Waals surface area contributed by atoms with E-state index >= 15 is 0 Å². The van der Waals surface area contributed by atoms with Crippen LogP contribution in [-0.4, -0.2) is 17.6 Å². The lowest BCUT2D eigenvalue weighted by molar-refractivity contribution is 0.0923. The van der Waals surface area contributed by atoms with Crippen molar-refractivity contribution < 1.29 is 14.3 Å². The third-order valence-electron chi connectivity index (χ3n) is 2.65. The lowest BCUT2D eigenvalue weighted by Crippen LogP contribution is -2.22. The smallest absolute Gasteiger partial charge is 0.287 e. The zero-order chi connectivity index (χ0) is 15.1. The van der Waals surface area contributed by atoms with Gasteiger partial charge in [-0.25, -0.2) is 0 Å². The van der Waals surface area contributed by atoms with E-state index in [9.17, 15) is 4.79 Å². The lowest BCUT2D eigenvalue weighted by Gasteiger charge is -2.04. The minimum atomic E-state index is -0.321. The van der Waals surface area contributed by atoms with Gasteiger partial charge in [-0.1, -0.05) is 24.0 Å². The van der Waals surface area contributed by atoms with Crippen LogP contribution in [-0.2, 0) is 6.54 Å². The zero-order valence-corrected chi connectivity index (χ0v) is 12.0. The van der Waals surface area contributed by atoms with E-state index < -0.39 is 0 Å². The number of hydrogen-bond donors (Lipinski definition) is 2. The molecule has 1 heterocycles. The standard InChI is InChI=1S/C16H14ClNO3/c17-15-8-7-14(21-15)16(20)18-11-13-6-3-5-12(10-13)4-1-2-9-19/h3,5-8,10,19H,2,9,11H2,(H,18,20). The fraction of sp³-hybridized carbons (Fsp3) is 0.188. The van der Waals surface area contributed by atoms with Crippen LogP contribution in [0.1, 0.15) is 28.1 Å². The molecule has 0 saturated carbocycles. The number of halogens is 1. The number of carbonyl (C=O) groups excluding carboxylic acids is 1. The summed E-state index contributed by atoms with van der Waals surface area (Å²) >= 11 is 5.62. The Kier molecular flexibility index (Phi) is 5.44. The van der Waals surface area contributed by atoms with Gasteiger partial charge in [-0.15, -0.1) is 0 Å². The second-order valence-corrected chi connectivity index (χ2v) is 4.63. The molecule has 2 rings (SSSR count). The Bertz CT molecular complexity index is 682. The van der Waals surface area contributed by atoms with Crippen LogP contribution in [0.4, 0.5) is 0 Å². The second kappa shape index (κ2) is 7.53. The molecule has 0 radical (unpaired) electrons. The molecule has 108 valence electrons. The lowest BCUT2D eigenvalue weighted by atomic mass is 10.1. The molecule has 0 aliphatic carbocycles. The quantitative estimate of drug-likeness (QED) is 0.853. The highest BCUT2D eigenvalue weighted by Gasteiger charge is 2.09. The Balaban J connectivity index is 1.96. The molecule has 0 unspecified atom stereocenters. The van der Waals surface area contributed by atoms with Crippen LogP contribution in [0, 0.1) is 11.8 Å². The zero-order valence-electron chi connectivity index (χ0n) is 11.2. The first-order valence-electron chi connectivity index (χ1n) is 6.41. The molecule has 0 aliphatic rings. The van der Waals surface area contributed by atoms with Crippen LogP contribution < -0.4 is 5.32 Å². The summed E-state index contributed by atoms with van der Waals surface area (Å²) in [7, 11) is 0. The van der Waals surface area contributed by atoms with Crippen LogP contribution in [0.5, 0.6) is 0 Å². The molecule has 4 nitrogen and oxygen atoms in total. The van der Waals surface area contributed by atoms with Crippen molar-refractivity contribution >= 4 is 17.5 Å². The Morgan fingerprint density at radius 3 is 2.90 bits per heavy atom. The fourth-order valence-corrected chi connectivity index (χ4v) is 1.83. The molecule has 2 N–H and O–H groups in total. The molecule has 0 fully saturated rings. The van der Waals surface area contributed by atoms with Gasteiger partial charge in [0.1, 0.15) is 0 Å². The number of carbonyl (C=O) groups is 1. The molecule has 0 atom stereocenters. The van der Waals surface area contributed by atoms with Crippen LogP contribution in [0.2, 0.25) is 5.22 Å². The summed E-state index contributed by atoms with van der Waals surface area (Å²) < 4.78 is 5.03. The maximum absolute atomic E-state index is 11.8. The van der Waals surface area contributed by atoms with Crippen molar-refractivity contribution in [2.75, 3.05) is 6.61 Å². The molecular formula is C16H14ClNO3.